The van der Waals surface area contributed by atoms with Crippen molar-refractivity contribution < 1.29 is 15.0 Å². The molecule has 3 rings (SSSR count). The smallest absolute Gasteiger partial charge is 0.259 e. The van der Waals surface area contributed by atoms with Crippen LogP contribution in [-0.2, 0) is 4.79 Å². The fourth-order valence-electron chi connectivity index (χ4n) is 2.32. The van der Waals surface area contributed by atoms with Crippen LogP contribution in [0.2, 0.25) is 0 Å². The fourth-order valence-corrected chi connectivity index (χ4v) is 2.32. The summed E-state index contributed by atoms with van der Waals surface area (Å²) in [5.41, 5.74) is 3.80. The number of fused-ring (bicyclic) bond motifs is 1. The summed E-state index contributed by atoms with van der Waals surface area (Å²) in [6, 6.07) is 18.1. The van der Waals surface area contributed by atoms with E-state index in [9.17, 15) is 15.0 Å². The van der Waals surface area contributed by atoms with Crippen LogP contribution >= 0.6 is 0 Å². The van der Waals surface area contributed by atoms with Gasteiger partial charge in [0.15, 0.2) is 11.5 Å². The third-order valence-electron chi connectivity index (χ3n) is 3.60. The Labute approximate surface area is 144 Å². The van der Waals surface area contributed by atoms with Gasteiger partial charge in [0.1, 0.15) is 0 Å². The van der Waals surface area contributed by atoms with Gasteiger partial charge in [-0.15, -0.1) is 0 Å². The number of hydrogen-bond donors (Lipinski definition) is 4. The number of nitrogens with zero attached hydrogens (tertiary/aromatic N) is 1. The Morgan fingerprint density at radius 3 is 2.56 bits per heavy atom. The minimum atomic E-state index is -0.299. The second-order valence-electron chi connectivity index (χ2n) is 5.46. The molecule has 4 N–H and O–H groups in total. The molecule has 0 aliphatic heterocycles. The summed E-state index contributed by atoms with van der Waals surface area (Å²) in [4.78, 5) is 11.8. The molecule has 0 aliphatic carbocycles. The zero-order valence-corrected chi connectivity index (χ0v) is 13.3. The largest absolute Gasteiger partial charge is 0.504 e. The number of aromatic hydroxyl groups is 2. The molecule has 3 aromatic carbocycles. The molecule has 3 aromatic rings. The zero-order valence-electron chi connectivity index (χ0n) is 13.3. The summed E-state index contributed by atoms with van der Waals surface area (Å²) in [7, 11) is 0. The van der Waals surface area contributed by atoms with Gasteiger partial charge in [-0.2, -0.15) is 5.10 Å². The molecular formula is C19H17N3O3. The summed E-state index contributed by atoms with van der Waals surface area (Å²) >= 11 is 0. The Bertz CT molecular complexity index is 938. The number of amides is 1. The molecule has 0 spiro atoms. The molecule has 0 heterocycles. The van der Waals surface area contributed by atoms with Crippen LogP contribution in [0.15, 0.2) is 65.8 Å². The molecular weight excluding hydrogens is 318 g/mol. The van der Waals surface area contributed by atoms with Crippen LogP contribution < -0.4 is 10.7 Å². The third kappa shape index (κ3) is 4.26. The van der Waals surface area contributed by atoms with Crippen molar-refractivity contribution in [2.24, 2.45) is 5.10 Å². The Hall–Kier alpha value is -3.54. The van der Waals surface area contributed by atoms with Gasteiger partial charge in [0, 0.05) is 5.69 Å². The monoisotopic (exact) mass is 335 g/mol. The van der Waals surface area contributed by atoms with Crippen molar-refractivity contribution in [3.05, 3.63) is 66.2 Å². The van der Waals surface area contributed by atoms with Gasteiger partial charge in [-0.1, -0.05) is 30.3 Å². The van der Waals surface area contributed by atoms with Crippen LogP contribution in [0, 0.1) is 0 Å². The van der Waals surface area contributed by atoms with Crippen LogP contribution in [0.1, 0.15) is 5.56 Å². The topological polar surface area (TPSA) is 94.0 Å². The minimum absolute atomic E-state index is 0.0799. The first kappa shape index (κ1) is 16.3. The SMILES string of the molecule is O=C(CNc1ccc2ccccc2c1)N/N=C/c1ccc(O)c(O)c1. The maximum absolute atomic E-state index is 11.8. The normalized spacial score (nSPS) is 10.9. The molecule has 0 saturated carbocycles. The van der Waals surface area contributed by atoms with E-state index < -0.39 is 0 Å². The van der Waals surface area contributed by atoms with Crippen LogP contribution in [0.5, 0.6) is 11.5 Å². The Kier molecular flexibility index (Phi) is 4.80. The third-order valence-corrected chi connectivity index (χ3v) is 3.60. The lowest BCUT2D eigenvalue weighted by Gasteiger charge is -2.06. The summed E-state index contributed by atoms with van der Waals surface area (Å²) in [5.74, 6) is -0.749. The zero-order chi connectivity index (χ0) is 17.6. The van der Waals surface area contributed by atoms with Gasteiger partial charge in [-0.25, -0.2) is 5.43 Å². The fraction of sp³-hybridized carbons (Fsp3) is 0.0526. The predicted molar refractivity (Wildman–Crippen MR) is 97.9 cm³/mol. The number of carbonyl (C=O) groups is 1. The highest BCUT2D eigenvalue weighted by Crippen LogP contribution is 2.24. The van der Waals surface area contributed by atoms with Gasteiger partial charge in [-0.3, -0.25) is 4.79 Å². The number of hydrogen-bond acceptors (Lipinski definition) is 5. The molecule has 0 aliphatic rings. The summed E-state index contributed by atoms with van der Waals surface area (Å²) < 4.78 is 0. The maximum Gasteiger partial charge on any atom is 0.259 e. The standard InChI is InChI=1S/C19H17N3O3/c23-17-8-5-13(9-18(17)24)11-21-22-19(25)12-20-16-7-6-14-3-1-2-4-15(14)10-16/h1-11,20,23-24H,12H2,(H,22,25)/b21-11+. The van der Waals surface area contributed by atoms with Crippen molar-refractivity contribution >= 4 is 28.6 Å². The minimum Gasteiger partial charge on any atom is -0.504 e. The van der Waals surface area contributed by atoms with E-state index in [0.29, 0.717) is 5.56 Å². The summed E-state index contributed by atoms with van der Waals surface area (Å²) in [6.45, 7) is 0.0799. The maximum atomic E-state index is 11.8. The molecule has 0 unspecified atom stereocenters. The van der Waals surface area contributed by atoms with Gasteiger partial charge in [-0.05, 0) is 46.7 Å². The quantitative estimate of drug-likeness (QED) is 0.328. The van der Waals surface area contributed by atoms with Crippen molar-refractivity contribution in [1.82, 2.24) is 5.43 Å². The molecule has 0 atom stereocenters. The number of carbonyl (C=O) groups excluding carboxylic acids is 1. The number of hydrazone groups is 1. The van der Waals surface area contributed by atoms with E-state index in [-0.39, 0.29) is 24.0 Å². The molecule has 0 radical (unpaired) electrons. The number of phenolic OH excluding ortho intramolecular Hbond substituents is 2. The van der Waals surface area contributed by atoms with Crippen LogP contribution in [0.4, 0.5) is 5.69 Å². The van der Waals surface area contributed by atoms with Crippen molar-refractivity contribution in [3.8, 4) is 11.5 Å². The van der Waals surface area contributed by atoms with E-state index in [0.717, 1.165) is 16.5 Å². The van der Waals surface area contributed by atoms with Crippen LogP contribution in [-0.4, -0.2) is 28.9 Å². The molecule has 0 aromatic heterocycles. The molecule has 0 bridgehead atoms. The Morgan fingerprint density at radius 1 is 0.960 bits per heavy atom. The lowest BCUT2D eigenvalue weighted by Crippen LogP contribution is -2.25. The number of nitrogens with one attached hydrogen (secondary N) is 2. The van der Waals surface area contributed by atoms with Gasteiger partial charge < -0.3 is 15.5 Å². The number of anilines is 1. The number of benzene rings is 3. The summed E-state index contributed by atoms with van der Waals surface area (Å²) in [6.07, 6.45) is 1.38. The number of rotatable bonds is 5. The molecule has 0 saturated heterocycles. The average Bonchev–Trinajstić information content (AvgIpc) is 2.63. The van der Waals surface area contributed by atoms with Crippen molar-refractivity contribution in [2.45, 2.75) is 0 Å². The van der Waals surface area contributed by atoms with Gasteiger partial charge in [0.25, 0.3) is 5.91 Å². The van der Waals surface area contributed by atoms with E-state index in [1.54, 1.807) is 6.07 Å². The van der Waals surface area contributed by atoms with Crippen LogP contribution in [0.3, 0.4) is 0 Å². The first-order valence-corrected chi connectivity index (χ1v) is 7.68. The lowest BCUT2D eigenvalue weighted by atomic mass is 10.1. The predicted octanol–water partition coefficient (Wildman–Crippen LogP) is 2.81. The molecule has 1 amide bonds. The summed E-state index contributed by atoms with van der Waals surface area (Å²) in [5, 5.41) is 27.7. The van der Waals surface area contributed by atoms with E-state index >= 15 is 0 Å². The van der Waals surface area contributed by atoms with Crippen molar-refractivity contribution in [2.75, 3.05) is 11.9 Å². The van der Waals surface area contributed by atoms with Gasteiger partial charge >= 0.3 is 0 Å². The van der Waals surface area contributed by atoms with E-state index in [4.69, 9.17) is 0 Å². The highest BCUT2D eigenvalue weighted by Gasteiger charge is 2.01. The highest BCUT2D eigenvalue weighted by molar-refractivity contribution is 5.87. The van der Waals surface area contributed by atoms with Gasteiger partial charge in [0.05, 0.1) is 12.8 Å². The first-order valence-electron chi connectivity index (χ1n) is 7.68. The van der Waals surface area contributed by atoms with E-state index in [1.165, 1.54) is 18.3 Å². The highest BCUT2D eigenvalue weighted by atomic mass is 16.3. The Balaban J connectivity index is 1.53. The first-order chi connectivity index (χ1) is 12.1. The van der Waals surface area contributed by atoms with E-state index in [2.05, 4.69) is 15.8 Å². The van der Waals surface area contributed by atoms with Crippen molar-refractivity contribution in [1.29, 1.82) is 0 Å². The van der Waals surface area contributed by atoms with Crippen LogP contribution in [0.25, 0.3) is 10.8 Å². The Morgan fingerprint density at radius 2 is 1.76 bits per heavy atom. The molecule has 6 heteroatoms. The molecule has 0 fully saturated rings. The average molecular weight is 335 g/mol. The second kappa shape index (κ2) is 7.35. The van der Waals surface area contributed by atoms with Crippen molar-refractivity contribution in [3.63, 3.8) is 0 Å². The molecule has 126 valence electrons. The lowest BCUT2D eigenvalue weighted by molar-refractivity contribution is -0.119. The molecule has 6 nitrogen and oxygen atoms in total. The van der Waals surface area contributed by atoms with E-state index in [1.807, 2.05) is 42.5 Å². The molecule has 25 heavy (non-hydrogen) atoms. The number of phenols is 2. The second-order valence-corrected chi connectivity index (χ2v) is 5.46. The van der Waals surface area contributed by atoms with Gasteiger partial charge in [0.2, 0.25) is 0 Å².